The Kier molecular flexibility index (Phi) is 3.37. The summed E-state index contributed by atoms with van der Waals surface area (Å²) in [6.45, 7) is 2.20. The van der Waals surface area contributed by atoms with Gasteiger partial charge in [-0.05, 0) is 31.6 Å². The van der Waals surface area contributed by atoms with Gasteiger partial charge in [0.15, 0.2) is 4.96 Å². The molecule has 1 aliphatic carbocycles. The molecule has 1 atom stereocenters. The number of rotatable bonds is 3. The first-order valence-electron chi connectivity index (χ1n) is 6.88. The van der Waals surface area contributed by atoms with Gasteiger partial charge in [0.2, 0.25) is 0 Å². The average Bonchev–Trinajstić information content (AvgIpc) is 2.94. The van der Waals surface area contributed by atoms with E-state index >= 15 is 0 Å². The summed E-state index contributed by atoms with van der Waals surface area (Å²) in [6, 6.07) is 0. The Hall–Kier alpha value is -0.910. The predicted octanol–water partition coefficient (Wildman–Crippen LogP) is 2.24. The normalized spacial score (nSPS) is 29.7. The average molecular weight is 280 g/mol. The Morgan fingerprint density at radius 1 is 1.53 bits per heavy atom. The molecule has 3 rings (SSSR count). The highest BCUT2D eigenvalue weighted by Crippen LogP contribution is 2.35. The maximum absolute atomic E-state index is 10.6. The van der Waals surface area contributed by atoms with E-state index in [9.17, 15) is 10.2 Å². The summed E-state index contributed by atoms with van der Waals surface area (Å²) >= 11 is 1.58. The van der Waals surface area contributed by atoms with Gasteiger partial charge in [-0.1, -0.05) is 6.92 Å². The molecular weight excluding hydrogens is 260 g/mol. The van der Waals surface area contributed by atoms with Crippen molar-refractivity contribution in [2.24, 2.45) is 5.92 Å². The van der Waals surface area contributed by atoms with Crippen LogP contribution in [0, 0.1) is 5.92 Å². The van der Waals surface area contributed by atoms with Crippen LogP contribution >= 0.6 is 11.3 Å². The predicted molar refractivity (Wildman–Crippen MR) is 75.4 cm³/mol. The van der Waals surface area contributed by atoms with Crippen molar-refractivity contribution < 1.29 is 10.2 Å². The standard InChI is InChI=1S/C14H20N2O2S/c1-10-2-4-14(18,5-3-10)12(17)8-11-9-16-6-7-19-13(16)15-11/h6-7,9-10,12,17-18H,2-5,8H2,1H3. The van der Waals surface area contributed by atoms with Gasteiger partial charge in [0, 0.05) is 24.2 Å². The van der Waals surface area contributed by atoms with Crippen LogP contribution in [-0.2, 0) is 6.42 Å². The third-order valence-electron chi connectivity index (χ3n) is 4.31. The molecule has 0 spiro atoms. The maximum atomic E-state index is 10.6. The molecule has 5 heteroatoms. The number of fused-ring (bicyclic) bond motifs is 1. The second-order valence-electron chi connectivity index (χ2n) is 5.83. The molecule has 1 aliphatic rings. The van der Waals surface area contributed by atoms with Gasteiger partial charge in [0.25, 0.3) is 0 Å². The van der Waals surface area contributed by atoms with Crippen molar-refractivity contribution in [3.05, 3.63) is 23.5 Å². The molecule has 0 radical (unpaired) electrons. The van der Waals surface area contributed by atoms with Gasteiger partial charge in [-0.3, -0.25) is 4.40 Å². The summed E-state index contributed by atoms with van der Waals surface area (Å²) in [5.74, 6) is 0.658. The van der Waals surface area contributed by atoms with E-state index < -0.39 is 11.7 Å². The molecule has 0 aliphatic heterocycles. The van der Waals surface area contributed by atoms with Crippen LogP contribution in [-0.4, -0.2) is 31.3 Å². The van der Waals surface area contributed by atoms with Crippen molar-refractivity contribution >= 4 is 16.3 Å². The van der Waals surface area contributed by atoms with Crippen molar-refractivity contribution in [1.82, 2.24) is 9.38 Å². The Balaban J connectivity index is 1.70. The van der Waals surface area contributed by atoms with Gasteiger partial charge in [0.1, 0.15) is 0 Å². The molecule has 0 amide bonds. The molecule has 2 N–H and O–H groups in total. The van der Waals surface area contributed by atoms with Crippen molar-refractivity contribution in [2.45, 2.75) is 50.7 Å². The van der Waals surface area contributed by atoms with E-state index in [1.807, 2.05) is 22.2 Å². The van der Waals surface area contributed by atoms with Crippen LogP contribution in [0.25, 0.3) is 4.96 Å². The lowest BCUT2D eigenvalue weighted by molar-refractivity contribution is -0.102. The highest BCUT2D eigenvalue weighted by atomic mass is 32.1. The van der Waals surface area contributed by atoms with Gasteiger partial charge in [-0.2, -0.15) is 0 Å². The number of thiazole rings is 1. The first-order valence-corrected chi connectivity index (χ1v) is 7.76. The zero-order valence-electron chi connectivity index (χ0n) is 11.1. The first-order chi connectivity index (χ1) is 9.07. The van der Waals surface area contributed by atoms with Gasteiger partial charge in [-0.15, -0.1) is 11.3 Å². The Morgan fingerprint density at radius 2 is 2.26 bits per heavy atom. The van der Waals surface area contributed by atoms with E-state index in [1.165, 1.54) is 0 Å². The molecule has 104 valence electrons. The van der Waals surface area contributed by atoms with Gasteiger partial charge < -0.3 is 10.2 Å². The van der Waals surface area contributed by atoms with E-state index in [0.29, 0.717) is 25.2 Å². The Bertz CT molecular complexity index is 526. The van der Waals surface area contributed by atoms with E-state index in [1.54, 1.807) is 11.3 Å². The van der Waals surface area contributed by atoms with Crippen molar-refractivity contribution in [3.63, 3.8) is 0 Å². The third kappa shape index (κ3) is 2.55. The van der Waals surface area contributed by atoms with Gasteiger partial charge >= 0.3 is 0 Å². The molecule has 0 saturated heterocycles. The summed E-state index contributed by atoms with van der Waals surface area (Å²) in [6.07, 6.45) is 6.97. The second-order valence-corrected chi connectivity index (χ2v) is 6.70. The van der Waals surface area contributed by atoms with E-state index in [2.05, 4.69) is 11.9 Å². The van der Waals surface area contributed by atoms with Crippen molar-refractivity contribution in [1.29, 1.82) is 0 Å². The highest BCUT2D eigenvalue weighted by molar-refractivity contribution is 7.15. The van der Waals surface area contributed by atoms with Crippen LogP contribution in [0.5, 0.6) is 0 Å². The topological polar surface area (TPSA) is 57.8 Å². The summed E-state index contributed by atoms with van der Waals surface area (Å²) in [4.78, 5) is 5.40. The smallest absolute Gasteiger partial charge is 0.193 e. The molecule has 2 heterocycles. The van der Waals surface area contributed by atoms with Crippen LogP contribution < -0.4 is 0 Å². The maximum Gasteiger partial charge on any atom is 0.193 e. The quantitative estimate of drug-likeness (QED) is 0.906. The molecule has 4 nitrogen and oxygen atoms in total. The van der Waals surface area contributed by atoms with Crippen molar-refractivity contribution in [3.8, 4) is 0 Å². The summed E-state index contributed by atoms with van der Waals surface area (Å²) in [5, 5.41) is 22.9. The molecule has 2 aromatic heterocycles. The number of aliphatic hydroxyl groups excluding tert-OH is 1. The van der Waals surface area contributed by atoms with E-state index in [-0.39, 0.29) is 0 Å². The fourth-order valence-corrected chi connectivity index (χ4v) is 3.58. The monoisotopic (exact) mass is 280 g/mol. The number of hydrogen-bond donors (Lipinski definition) is 2. The second kappa shape index (κ2) is 4.89. The van der Waals surface area contributed by atoms with Crippen LogP contribution in [0.2, 0.25) is 0 Å². The van der Waals surface area contributed by atoms with Crippen LogP contribution in [0.3, 0.4) is 0 Å². The number of hydrogen-bond acceptors (Lipinski definition) is 4. The van der Waals surface area contributed by atoms with E-state index in [0.717, 1.165) is 23.5 Å². The fraction of sp³-hybridized carbons (Fsp3) is 0.643. The minimum Gasteiger partial charge on any atom is -0.390 e. The zero-order chi connectivity index (χ0) is 13.5. The lowest BCUT2D eigenvalue weighted by Gasteiger charge is -2.38. The molecule has 1 fully saturated rings. The highest BCUT2D eigenvalue weighted by Gasteiger charge is 2.38. The minimum atomic E-state index is -0.927. The molecule has 0 bridgehead atoms. The van der Waals surface area contributed by atoms with Crippen LogP contribution in [0.1, 0.15) is 38.3 Å². The van der Waals surface area contributed by atoms with Crippen LogP contribution in [0.4, 0.5) is 0 Å². The summed E-state index contributed by atoms with van der Waals surface area (Å²) in [7, 11) is 0. The van der Waals surface area contributed by atoms with Crippen molar-refractivity contribution in [2.75, 3.05) is 0 Å². The van der Waals surface area contributed by atoms with Crippen LogP contribution in [0.15, 0.2) is 17.8 Å². The molecule has 1 unspecified atom stereocenters. The minimum absolute atomic E-state index is 0.430. The summed E-state index contributed by atoms with van der Waals surface area (Å²) < 4.78 is 1.96. The SMILES string of the molecule is CC1CCC(O)(C(O)Cc2cn3ccsc3n2)CC1. The molecule has 2 aromatic rings. The Morgan fingerprint density at radius 3 is 2.95 bits per heavy atom. The largest absolute Gasteiger partial charge is 0.390 e. The van der Waals surface area contributed by atoms with Gasteiger partial charge in [0.05, 0.1) is 17.4 Å². The first kappa shape index (κ1) is 13.1. The number of imidazole rings is 1. The zero-order valence-corrected chi connectivity index (χ0v) is 11.9. The molecule has 19 heavy (non-hydrogen) atoms. The fourth-order valence-electron chi connectivity index (χ4n) is 2.86. The number of nitrogens with zero attached hydrogens (tertiary/aromatic N) is 2. The lowest BCUT2D eigenvalue weighted by Crippen LogP contribution is -2.46. The lowest BCUT2D eigenvalue weighted by atomic mass is 9.75. The third-order valence-corrected chi connectivity index (χ3v) is 5.08. The summed E-state index contributed by atoms with van der Waals surface area (Å²) in [5.41, 5.74) is -0.0739. The van der Waals surface area contributed by atoms with E-state index in [4.69, 9.17) is 0 Å². The van der Waals surface area contributed by atoms with Gasteiger partial charge in [-0.25, -0.2) is 4.98 Å². The number of aromatic nitrogens is 2. The Labute approximate surface area is 116 Å². The molecule has 0 aromatic carbocycles. The number of aliphatic hydroxyl groups is 2. The molecule has 1 saturated carbocycles. The molecular formula is C14H20N2O2S.